The fourth-order valence-electron chi connectivity index (χ4n) is 9.76. The van der Waals surface area contributed by atoms with E-state index < -0.39 is 11.9 Å². The van der Waals surface area contributed by atoms with Crippen LogP contribution in [0.4, 0.5) is 5.69 Å². The van der Waals surface area contributed by atoms with E-state index in [9.17, 15) is 29.4 Å². The highest BCUT2D eigenvalue weighted by Gasteiger charge is 2.28. The van der Waals surface area contributed by atoms with Gasteiger partial charge in [0.1, 0.15) is 41.5 Å². The number of nitrogens with one attached hydrogen (secondary N) is 2. The predicted molar refractivity (Wildman–Crippen MR) is 270 cm³/mol. The van der Waals surface area contributed by atoms with Crippen LogP contribution in [0.15, 0.2) is 128 Å². The summed E-state index contributed by atoms with van der Waals surface area (Å²) >= 11 is 4.98. The molecule has 4 aromatic carbocycles. The molecule has 346 valence electrons. The van der Waals surface area contributed by atoms with Crippen LogP contribution in [0.5, 0.6) is 5.75 Å². The number of rotatable bonds is 12. The van der Waals surface area contributed by atoms with Gasteiger partial charge in [0.25, 0.3) is 11.8 Å². The minimum atomic E-state index is -1.24. The highest BCUT2D eigenvalue weighted by molar-refractivity contribution is 7.80. The first-order chi connectivity index (χ1) is 32.9. The maximum Gasteiger partial charge on any atom is 0.336 e. The smallest absolute Gasteiger partial charge is 0.336 e. The molecule has 0 bridgehead atoms. The number of hydrogen-bond acceptors (Lipinski definition) is 9. The van der Waals surface area contributed by atoms with E-state index in [1.165, 1.54) is 30.3 Å². The van der Waals surface area contributed by atoms with Gasteiger partial charge in [-0.05, 0) is 131 Å². The Hall–Kier alpha value is -7.38. The van der Waals surface area contributed by atoms with Crippen molar-refractivity contribution in [1.82, 2.24) is 15.2 Å². The molecule has 0 unspecified atom stereocenters. The van der Waals surface area contributed by atoms with E-state index in [-0.39, 0.29) is 51.6 Å². The lowest BCUT2D eigenvalue weighted by molar-refractivity contribution is 0.0697. The van der Waals surface area contributed by atoms with E-state index in [0.717, 1.165) is 70.6 Å². The zero-order chi connectivity index (χ0) is 47.8. The molecule has 0 spiro atoms. The highest BCUT2D eigenvalue weighted by Crippen LogP contribution is 2.44. The summed E-state index contributed by atoms with van der Waals surface area (Å²) in [5.41, 5.74) is 6.56. The summed E-state index contributed by atoms with van der Waals surface area (Å²) in [6.45, 7) is 12.0. The van der Waals surface area contributed by atoms with Crippen LogP contribution in [0.1, 0.15) is 84.5 Å². The average molecular weight is 930 g/mol. The normalized spacial score (nSPS) is 14.9. The van der Waals surface area contributed by atoms with Crippen LogP contribution in [-0.2, 0) is 0 Å². The van der Waals surface area contributed by atoms with Crippen LogP contribution in [0.25, 0.3) is 66.8 Å². The Kier molecular flexibility index (Phi) is 12.8. The van der Waals surface area contributed by atoms with Crippen molar-refractivity contribution < 1.29 is 33.4 Å². The molecule has 13 heteroatoms. The number of carboxylic acid groups (broad SMARTS) is 1. The number of carboxylic acids is 1. The van der Waals surface area contributed by atoms with Gasteiger partial charge in [-0.3, -0.25) is 14.4 Å². The lowest BCUT2D eigenvalue weighted by Crippen LogP contribution is -2.43. The quantitative estimate of drug-likeness (QED) is 0.0456. The van der Waals surface area contributed by atoms with Gasteiger partial charge in [0.15, 0.2) is 5.43 Å². The van der Waals surface area contributed by atoms with Gasteiger partial charge < -0.3 is 34.6 Å². The van der Waals surface area contributed by atoms with Gasteiger partial charge in [0.2, 0.25) is 5.36 Å². The number of carbonyl (C=O) groups excluding carboxylic acids is 2. The number of fused-ring (bicyclic) bond motifs is 4. The molecule has 4 N–H and O–H groups in total. The summed E-state index contributed by atoms with van der Waals surface area (Å²) in [6.07, 6.45) is 2.50. The number of thiol groups is 1. The summed E-state index contributed by atoms with van der Waals surface area (Å²) < 4.78 is 14.9. The van der Waals surface area contributed by atoms with Crippen LogP contribution in [0, 0.1) is 0 Å². The first-order valence-electron chi connectivity index (χ1n) is 23.2. The first-order valence-corrected chi connectivity index (χ1v) is 23.7. The number of nitrogens with zero attached hydrogens (tertiary/aromatic N) is 2. The Morgan fingerprint density at radius 1 is 0.647 bits per heavy atom. The number of anilines is 1. The molecule has 12 nitrogen and oxygen atoms in total. The van der Waals surface area contributed by atoms with Gasteiger partial charge in [0, 0.05) is 104 Å². The van der Waals surface area contributed by atoms with Gasteiger partial charge >= 0.3 is 5.97 Å². The molecule has 1 saturated carbocycles. The summed E-state index contributed by atoms with van der Waals surface area (Å²) in [4.78, 5) is 55.4. The first kappa shape index (κ1) is 45.8. The van der Waals surface area contributed by atoms with Crippen molar-refractivity contribution in [3.05, 3.63) is 141 Å². The molecule has 2 amide bonds. The summed E-state index contributed by atoms with van der Waals surface area (Å²) in [7, 11) is 0. The van der Waals surface area contributed by atoms with Gasteiger partial charge in [-0.25, -0.2) is 9.37 Å². The molecule has 1 fully saturated rings. The van der Waals surface area contributed by atoms with E-state index in [1.807, 2.05) is 18.2 Å². The molecule has 68 heavy (non-hydrogen) atoms. The zero-order valence-electron chi connectivity index (χ0n) is 38.4. The van der Waals surface area contributed by atoms with Crippen LogP contribution >= 0.6 is 12.6 Å². The molecule has 9 rings (SSSR count). The van der Waals surface area contributed by atoms with Crippen molar-refractivity contribution in [1.29, 1.82) is 0 Å². The second kappa shape index (κ2) is 19.1. The molecule has 0 atom stereocenters. The van der Waals surface area contributed by atoms with E-state index in [1.54, 1.807) is 24.3 Å². The Morgan fingerprint density at radius 3 is 1.79 bits per heavy atom. The molecule has 2 aliphatic heterocycles. The van der Waals surface area contributed by atoms with Gasteiger partial charge in [-0.1, -0.05) is 12.1 Å². The number of phenols is 1. The predicted octanol–water partition coefficient (Wildman–Crippen LogP) is 9.90. The summed E-state index contributed by atoms with van der Waals surface area (Å²) in [6, 6.07) is 31.3. The number of benzene rings is 6. The minimum absolute atomic E-state index is 0.0534. The molecule has 4 aromatic rings. The average Bonchev–Trinajstić information content (AvgIpc) is 3.33. The molecular formula is C55H53N4O8S+. The van der Waals surface area contributed by atoms with E-state index in [0.29, 0.717) is 58.2 Å². The standard InChI is InChI=1S/C55H52N4O8S/c1-5-58(6-2)35-15-21-40-46(27-35)66-47-28-36(59(7-3)8-4)16-22-41(47)52(40)44-20-10-32(26-50(44)68)54(63)57-34-13-11-33(12-14-34)56-53(62)31-9-19-39(45(25-31)55(64)65)51-42-23-17-37(60)29-48(42)67-49-30-38(61)18-24-43(49)51/h9-10,15-30,33-34H,5-8,11-14H2,1-4H3,(H4,56,57,60,61,62,63,64,65)/p+1. The Bertz CT molecular complexity index is 3340. The number of phenolic OH excluding ortho intramolecular Hbond substituents is 1. The van der Waals surface area contributed by atoms with Gasteiger partial charge in [0.05, 0.1) is 11.6 Å². The molecule has 0 aromatic heterocycles. The van der Waals surface area contributed by atoms with Crippen molar-refractivity contribution in [2.24, 2.45) is 0 Å². The lowest BCUT2D eigenvalue weighted by atomic mass is 9.89. The van der Waals surface area contributed by atoms with Crippen molar-refractivity contribution in [2.75, 3.05) is 31.1 Å². The highest BCUT2D eigenvalue weighted by atomic mass is 32.1. The topological polar surface area (TPSA) is 165 Å². The third kappa shape index (κ3) is 8.81. The van der Waals surface area contributed by atoms with Crippen molar-refractivity contribution in [2.45, 2.75) is 70.4 Å². The third-order valence-corrected chi connectivity index (χ3v) is 13.7. The Balaban J connectivity index is 0.906. The SMILES string of the molecule is CCN(CC)c1ccc2c(-c3ccc(C(=O)NC4CCC(NC(=O)c5ccc(-c6c7ccc(=O)cc-7oc7cc(O)ccc67)c(C(=O)O)c5)CC4)cc3S)c3ccc(=[N+](CC)CC)cc-3oc2c1. The number of aromatic hydroxyl groups is 1. The number of aromatic carboxylic acids is 1. The molecule has 0 radical (unpaired) electrons. The summed E-state index contributed by atoms with van der Waals surface area (Å²) in [5, 5.41) is 29.4. The Labute approximate surface area is 398 Å². The van der Waals surface area contributed by atoms with Crippen molar-refractivity contribution >= 4 is 58.0 Å². The molecule has 0 saturated heterocycles. The zero-order valence-corrected chi connectivity index (χ0v) is 39.3. The van der Waals surface area contributed by atoms with Crippen molar-refractivity contribution in [3.8, 4) is 50.7 Å². The molecule has 5 aliphatic rings. The lowest BCUT2D eigenvalue weighted by Gasteiger charge is -2.30. The maximum absolute atomic E-state index is 13.8. The minimum Gasteiger partial charge on any atom is -0.508 e. The summed E-state index contributed by atoms with van der Waals surface area (Å²) in [5.74, 6) is -0.903. The van der Waals surface area contributed by atoms with Crippen LogP contribution < -0.4 is 30.9 Å². The molecular weight excluding hydrogens is 877 g/mol. The van der Waals surface area contributed by atoms with Crippen LogP contribution in [0.3, 0.4) is 0 Å². The van der Waals surface area contributed by atoms with Gasteiger partial charge in [-0.15, -0.1) is 12.6 Å². The Morgan fingerprint density at radius 2 is 1.19 bits per heavy atom. The van der Waals surface area contributed by atoms with Crippen LogP contribution in [0.2, 0.25) is 0 Å². The molecule has 3 aliphatic carbocycles. The van der Waals surface area contributed by atoms with Crippen molar-refractivity contribution in [3.63, 3.8) is 0 Å². The number of carbonyl (C=O) groups is 3. The van der Waals surface area contributed by atoms with E-state index in [4.69, 9.17) is 21.5 Å². The van der Waals surface area contributed by atoms with Crippen LogP contribution in [-0.4, -0.2) is 66.3 Å². The second-order valence-electron chi connectivity index (χ2n) is 17.3. The second-order valence-corrected chi connectivity index (χ2v) is 17.8. The van der Waals surface area contributed by atoms with Gasteiger partial charge in [-0.2, -0.15) is 0 Å². The third-order valence-electron chi connectivity index (χ3n) is 13.3. The van der Waals surface area contributed by atoms with E-state index in [2.05, 4.69) is 84.2 Å². The molecule has 2 heterocycles. The number of amides is 2. The monoisotopic (exact) mass is 929 g/mol. The fraction of sp³-hybridized carbons (Fsp3) is 0.255. The largest absolute Gasteiger partial charge is 0.508 e. The number of hydrogen-bond donors (Lipinski definition) is 5. The van der Waals surface area contributed by atoms with E-state index >= 15 is 0 Å². The fourth-order valence-corrected chi connectivity index (χ4v) is 10.1. The maximum atomic E-state index is 13.8.